The molecule has 2 aromatic rings. The van der Waals surface area contributed by atoms with Crippen LogP contribution < -0.4 is 0 Å². The molecule has 0 atom stereocenters. The molecule has 0 unspecified atom stereocenters. The zero-order valence-corrected chi connectivity index (χ0v) is 18.3. The number of methoxy groups -OCH3 is 1. The van der Waals surface area contributed by atoms with Crippen molar-refractivity contribution in [2.75, 3.05) is 33.4 Å². The van der Waals surface area contributed by atoms with Gasteiger partial charge in [-0.3, -0.25) is 4.79 Å². The van der Waals surface area contributed by atoms with Crippen LogP contribution in [0.3, 0.4) is 0 Å². The molecule has 3 rings (SSSR count). The van der Waals surface area contributed by atoms with E-state index in [1.807, 2.05) is 30.3 Å². The van der Waals surface area contributed by atoms with Crippen LogP contribution in [0.1, 0.15) is 41.6 Å². The highest BCUT2D eigenvalue weighted by molar-refractivity contribution is 7.89. The van der Waals surface area contributed by atoms with Crippen molar-refractivity contribution in [1.82, 2.24) is 9.21 Å². The first kappa shape index (κ1) is 22.5. The SMILES string of the molecule is COCCN(Cc1ccccc1)C(=O)c1cccc(S(=O)(=O)N2CCCCCC2)c1. The fourth-order valence-electron chi connectivity index (χ4n) is 3.66. The average molecular weight is 431 g/mol. The number of nitrogens with zero attached hydrogens (tertiary/aromatic N) is 2. The summed E-state index contributed by atoms with van der Waals surface area (Å²) in [7, 11) is -2.01. The zero-order valence-electron chi connectivity index (χ0n) is 17.5. The van der Waals surface area contributed by atoms with Crippen molar-refractivity contribution in [3.63, 3.8) is 0 Å². The fraction of sp³-hybridized carbons (Fsp3) is 0.435. The second-order valence-electron chi connectivity index (χ2n) is 7.55. The van der Waals surface area contributed by atoms with E-state index >= 15 is 0 Å². The van der Waals surface area contributed by atoms with Gasteiger partial charge >= 0.3 is 0 Å². The van der Waals surface area contributed by atoms with Gasteiger partial charge in [0.2, 0.25) is 10.0 Å². The number of benzene rings is 2. The van der Waals surface area contributed by atoms with Crippen LogP contribution in [-0.2, 0) is 21.3 Å². The molecule has 0 spiro atoms. The number of amides is 1. The molecule has 0 aromatic heterocycles. The van der Waals surface area contributed by atoms with E-state index in [4.69, 9.17) is 4.74 Å². The van der Waals surface area contributed by atoms with Gasteiger partial charge < -0.3 is 9.64 Å². The zero-order chi connectivity index (χ0) is 21.4. The molecule has 0 radical (unpaired) electrons. The second-order valence-corrected chi connectivity index (χ2v) is 9.49. The van der Waals surface area contributed by atoms with Crippen molar-refractivity contribution < 1.29 is 17.9 Å². The monoisotopic (exact) mass is 430 g/mol. The molecule has 0 bridgehead atoms. The lowest BCUT2D eigenvalue weighted by molar-refractivity contribution is 0.0680. The maximum absolute atomic E-state index is 13.2. The number of rotatable bonds is 8. The van der Waals surface area contributed by atoms with E-state index in [1.54, 1.807) is 34.5 Å². The molecular formula is C23H30N2O4S. The van der Waals surface area contributed by atoms with Gasteiger partial charge in [-0.1, -0.05) is 49.2 Å². The predicted octanol–water partition coefficient (Wildman–Crippen LogP) is 3.54. The summed E-state index contributed by atoms with van der Waals surface area (Å²) in [6, 6.07) is 16.1. The largest absolute Gasteiger partial charge is 0.383 e. The van der Waals surface area contributed by atoms with E-state index in [0.717, 1.165) is 31.2 Å². The van der Waals surface area contributed by atoms with Gasteiger partial charge in [0.1, 0.15) is 0 Å². The first-order valence-electron chi connectivity index (χ1n) is 10.4. The van der Waals surface area contributed by atoms with Crippen molar-refractivity contribution in [2.45, 2.75) is 37.1 Å². The highest BCUT2D eigenvalue weighted by Crippen LogP contribution is 2.22. The summed E-state index contributed by atoms with van der Waals surface area (Å²) in [5.74, 6) is -0.205. The van der Waals surface area contributed by atoms with Gasteiger partial charge in [-0.25, -0.2) is 8.42 Å². The normalized spacial score (nSPS) is 15.5. The quantitative estimate of drug-likeness (QED) is 0.642. The molecule has 0 N–H and O–H groups in total. The molecule has 162 valence electrons. The van der Waals surface area contributed by atoms with E-state index in [1.165, 1.54) is 6.07 Å². The molecule has 0 saturated carbocycles. The molecule has 6 nitrogen and oxygen atoms in total. The summed E-state index contributed by atoms with van der Waals surface area (Å²) < 4.78 is 33.0. The van der Waals surface area contributed by atoms with E-state index in [-0.39, 0.29) is 10.8 Å². The first-order valence-corrected chi connectivity index (χ1v) is 11.9. The van der Waals surface area contributed by atoms with E-state index in [0.29, 0.717) is 38.3 Å². The Labute approximate surface area is 179 Å². The van der Waals surface area contributed by atoms with Crippen LogP contribution in [0.4, 0.5) is 0 Å². The minimum absolute atomic E-state index is 0.182. The Kier molecular flexibility index (Phi) is 8.01. The Morgan fingerprint density at radius 2 is 1.70 bits per heavy atom. The Hall–Kier alpha value is -2.22. The molecule has 2 aromatic carbocycles. The molecule has 30 heavy (non-hydrogen) atoms. The molecule has 0 aliphatic carbocycles. The molecule has 1 amide bonds. The fourth-order valence-corrected chi connectivity index (χ4v) is 5.22. The van der Waals surface area contributed by atoms with Crippen LogP contribution in [-0.4, -0.2) is 56.9 Å². The summed E-state index contributed by atoms with van der Waals surface area (Å²) in [6.45, 7) is 2.34. The minimum Gasteiger partial charge on any atom is -0.383 e. The number of sulfonamides is 1. The highest BCUT2D eigenvalue weighted by atomic mass is 32.2. The molecular weight excluding hydrogens is 400 g/mol. The third kappa shape index (κ3) is 5.68. The second kappa shape index (κ2) is 10.7. The Morgan fingerprint density at radius 3 is 2.37 bits per heavy atom. The Morgan fingerprint density at radius 1 is 1.00 bits per heavy atom. The van der Waals surface area contributed by atoms with E-state index < -0.39 is 10.0 Å². The standard InChI is InChI=1S/C23H30N2O4S/c1-29-17-16-24(19-20-10-5-4-6-11-20)23(26)21-12-9-13-22(18-21)30(27,28)25-14-7-2-3-8-15-25/h4-6,9-13,18H,2-3,7-8,14-17,19H2,1H3. The van der Waals surface area contributed by atoms with Gasteiger partial charge in [0.05, 0.1) is 11.5 Å². The summed E-state index contributed by atoms with van der Waals surface area (Å²) in [5.41, 5.74) is 1.38. The maximum atomic E-state index is 13.2. The smallest absolute Gasteiger partial charge is 0.254 e. The predicted molar refractivity (Wildman–Crippen MR) is 117 cm³/mol. The summed E-state index contributed by atoms with van der Waals surface area (Å²) in [5, 5.41) is 0. The third-order valence-corrected chi connectivity index (χ3v) is 7.25. The maximum Gasteiger partial charge on any atom is 0.254 e. The van der Waals surface area contributed by atoms with Gasteiger partial charge in [0.25, 0.3) is 5.91 Å². The number of carbonyl (C=O) groups excluding carboxylic acids is 1. The van der Waals surface area contributed by atoms with Crippen LogP contribution >= 0.6 is 0 Å². The Bertz CT molecular complexity index is 923. The summed E-state index contributed by atoms with van der Waals surface area (Å²) >= 11 is 0. The number of hydrogen-bond acceptors (Lipinski definition) is 4. The van der Waals surface area contributed by atoms with Crippen LogP contribution in [0.5, 0.6) is 0 Å². The lowest BCUT2D eigenvalue weighted by atomic mass is 10.1. The highest BCUT2D eigenvalue weighted by Gasteiger charge is 2.26. The van der Waals surface area contributed by atoms with Crippen molar-refractivity contribution in [3.05, 3.63) is 65.7 Å². The topological polar surface area (TPSA) is 66.9 Å². The minimum atomic E-state index is -3.61. The third-order valence-electron chi connectivity index (χ3n) is 5.35. The first-order chi connectivity index (χ1) is 14.5. The van der Waals surface area contributed by atoms with Gasteiger partial charge in [-0.15, -0.1) is 0 Å². The van der Waals surface area contributed by atoms with Crippen molar-refractivity contribution in [2.24, 2.45) is 0 Å². The lowest BCUT2D eigenvalue weighted by Gasteiger charge is -2.24. The van der Waals surface area contributed by atoms with Crippen LogP contribution in [0, 0.1) is 0 Å². The Balaban J connectivity index is 1.83. The molecule has 1 saturated heterocycles. The molecule has 1 aliphatic heterocycles. The average Bonchev–Trinajstić information content (AvgIpc) is 3.07. The molecule has 1 aliphatic rings. The van der Waals surface area contributed by atoms with Crippen LogP contribution in [0.15, 0.2) is 59.5 Å². The molecule has 7 heteroatoms. The summed E-state index contributed by atoms with van der Waals surface area (Å²) in [6.07, 6.45) is 3.86. The van der Waals surface area contributed by atoms with E-state index in [2.05, 4.69) is 0 Å². The summed E-state index contributed by atoms with van der Waals surface area (Å²) in [4.78, 5) is 15.1. The number of hydrogen-bond donors (Lipinski definition) is 0. The van der Waals surface area contributed by atoms with Crippen LogP contribution in [0.25, 0.3) is 0 Å². The molecule has 1 heterocycles. The van der Waals surface area contributed by atoms with Gasteiger partial charge in [-0.2, -0.15) is 4.31 Å². The number of carbonyl (C=O) groups is 1. The van der Waals surface area contributed by atoms with Gasteiger partial charge in [0.15, 0.2) is 0 Å². The number of ether oxygens (including phenoxy) is 1. The van der Waals surface area contributed by atoms with Crippen molar-refractivity contribution >= 4 is 15.9 Å². The van der Waals surface area contributed by atoms with Crippen LogP contribution in [0.2, 0.25) is 0 Å². The van der Waals surface area contributed by atoms with Gasteiger partial charge in [-0.05, 0) is 36.6 Å². The molecule has 1 fully saturated rings. The van der Waals surface area contributed by atoms with Crippen molar-refractivity contribution in [3.8, 4) is 0 Å². The van der Waals surface area contributed by atoms with Gasteiger partial charge in [0, 0.05) is 38.9 Å². The van der Waals surface area contributed by atoms with E-state index in [9.17, 15) is 13.2 Å². The van der Waals surface area contributed by atoms with Crippen molar-refractivity contribution in [1.29, 1.82) is 0 Å². The lowest BCUT2D eigenvalue weighted by Crippen LogP contribution is -2.34.